The summed E-state index contributed by atoms with van der Waals surface area (Å²) in [6, 6.07) is 11.2. The number of para-hydroxylation sites is 2. The second-order valence-corrected chi connectivity index (χ2v) is 6.66. The number of carbonyl (C=O) groups is 1. The monoisotopic (exact) mass is 390 g/mol. The summed E-state index contributed by atoms with van der Waals surface area (Å²) in [7, 11) is 0. The number of nitrogens with one attached hydrogen (secondary N) is 1. The minimum atomic E-state index is -0.558. The van der Waals surface area contributed by atoms with Crippen molar-refractivity contribution in [2.75, 3.05) is 42.9 Å². The van der Waals surface area contributed by atoms with Crippen molar-refractivity contribution in [3.8, 4) is 5.75 Å². The van der Waals surface area contributed by atoms with E-state index in [9.17, 15) is 20.0 Å². The fourth-order valence-electron chi connectivity index (χ4n) is 3.04. The van der Waals surface area contributed by atoms with Crippen molar-refractivity contribution in [3.05, 3.63) is 57.6 Å². The lowest BCUT2D eigenvalue weighted by atomic mass is 10.2. The molecule has 0 bridgehead atoms. The molecule has 27 heavy (non-hydrogen) atoms. The van der Waals surface area contributed by atoms with Crippen LogP contribution in [0.15, 0.2) is 42.5 Å². The minimum Gasteiger partial charge on any atom is -0.506 e. The molecule has 0 radical (unpaired) electrons. The number of hydrogen-bond acceptors (Lipinski definition) is 6. The van der Waals surface area contributed by atoms with E-state index in [1.807, 2.05) is 17.0 Å². The van der Waals surface area contributed by atoms with Crippen LogP contribution in [0.3, 0.4) is 0 Å². The molecular weight excluding hydrogens is 372 g/mol. The topological polar surface area (TPSA) is 99.0 Å². The third-order valence-corrected chi connectivity index (χ3v) is 4.63. The molecule has 1 amide bonds. The maximum atomic E-state index is 12.3. The highest BCUT2D eigenvalue weighted by Crippen LogP contribution is 2.28. The molecule has 1 heterocycles. The number of rotatable bonds is 5. The zero-order valence-electron chi connectivity index (χ0n) is 14.5. The SMILES string of the molecule is O=C(CN1CCN(c2ccccc2O)CC1)Nc1cc(Cl)ccc1[N+](=O)[O-]. The maximum absolute atomic E-state index is 12.3. The molecule has 1 saturated heterocycles. The normalized spacial score (nSPS) is 14.8. The fraction of sp³-hybridized carbons (Fsp3) is 0.278. The van der Waals surface area contributed by atoms with Gasteiger partial charge < -0.3 is 15.3 Å². The number of carbonyl (C=O) groups excluding carboxylic acids is 1. The minimum absolute atomic E-state index is 0.0883. The standard InChI is InChI=1S/C18H19ClN4O4/c19-13-5-6-15(23(26)27)14(11-13)20-18(25)12-21-7-9-22(10-8-21)16-3-1-2-4-17(16)24/h1-6,11,24H,7-10,12H2,(H,20,25). The van der Waals surface area contributed by atoms with Crippen molar-refractivity contribution in [1.29, 1.82) is 0 Å². The molecule has 0 aromatic heterocycles. The van der Waals surface area contributed by atoms with E-state index in [-0.39, 0.29) is 29.6 Å². The van der Waals surface area contributed by atoms with Gasteiger partial charge in [-0.15, -0.1) is 0 Å². The number of phenolic OH excluding ortho intramolecular Hbond substituents is 1. The van der Waals surface area contributed by atoms with E-state index in [0.717, 1.165) is 5.69 Å². The number of amides is 1. The third-order valence-electron chi connectivity index (χ3n) is 4.39. The first-order valence-corrected chi connectivity index (χ1v) is 8.81. The second-order valence-electron chi connectivity index (χ2n) is 6.22. The zero-order chi connectivity index (χ0) is 19.4. The lowest BCUT2D eigenvalue weighted by Gasteiger charge is -2.35. The predicted octanol–water partition coefficient (Wildman–Crippen LogP) is 2.71. The van der Waals surface area contributed by atoms with Crippen molar-refractivity contribution in [2.45, 2.75) is 0 Å². The quantitative estimate of drug-likeness (QED) is 0.601. The maximum Gasteiger partial charge on any atom is 0.292 e. The van der Waals surface area contributed by atoms with Crippen LogP contribution in [0.2, 0.25) is 5.02 Å². The molecule has 0 saturated carbocycles. The number of anilines is 2. The molecule has 2 aromatic rings. The zero-order valence-corrected chi connectivity index (χ0v) is 15.2. The predicted molar refractivity (Wildman–Crippen MR) is 103 cm³/mol. The van der Waals surface area contributed by atoms with Crippen LogP contribution in [-0.4, -0.2) is 53.6 Å². The van der Waals surface area contributed by atoms with Crippen LogP contribution < -0.4 is 10.2 Å². The van der Waals surface area contributed by atoms with Crippen molar-refractivity contribution in [3.63, 3.8) is 0 Å². The number of piperazine rings is 1. The Hall–Kier alpha value is -2.84. The van der Waals surface area contributed by atoms with Gasteiger partial charge in [0.25, 0.3) is 5.69 Å². The van der Waals surface area contributed by atoms with Crippen LogP contribution in [0.1, 0.15) is 0 Å². The molecule has 8 nitrogen and oxygen atoms in total. The second kappa shape index (κ2) is 8.24. The number of benzene rings is 2. The number of hydrogen-bond donors (Lipinski definition) is 2. The highest BCUT2D eigenvalue weighted by Gasteiger charge is 2.22. The first kappa shape index (κ1) is 18.9. The number of aromatic hydroxyl groups is 1. The Bertz CT molecular complexity index is 853. The largest absolute Gasteiger partial charge is 0.506 e. The summed E-state index contributed by atoms with van der Waals surface area (Å²) in [4.78, 5) is 26.8. The van der Waals surface area contributed by atoms with Gasteiger partial charge in [0.15, 0.2) is 0 Å². The number of halogens is 1. The summed E-state index contributed by atoms with van der Waals surface area (Å²) in [5, 5.41) is 23.9. The summed E-state index contributed by atoms with van der Waals surface area (Å²) in [6.45, 7) is 2.74. The molecule has 3 rings (SSSR count). The van der Waals surface area contributed by atoms with E-state index in [1.54, 1.807) is 12.1 Å². The Kier molecular flexibility index (Phi) is 5.78. The highest BCUT2D eigenvalue weighted by atomic mass is 35.5. The summed E-state index contributed by atoms with van der Waals surface area (Å²) in [5.74, 6) is -0.103. The molecule has 1 fully saturated rings. The fourth-order valence-corrected chi connectivity index (χ4v) is 3.21. The van der Waals surface area contributed by atoms with Gasteiger partial charge >= 0.3 is 0 Å². The van der Waals surface area contributed by atoms with Crippen LogP contribution in [0, 0.1) is 10.1 Å². The Morgan fingerprint density at radius 1 is 1.19 bits per heavy atom. The van der Waals surface area contributed by atoms with Crippen molar-refractivity contribution < 1.29 is 14.8 Å². The average Bonchev–Trinajstić information content (AvgIpc) is 2.62. The smallest absolute Gasteiger partial charge is 0.292 e. The van der Waals surface area contributed by atoms with Crippen LogP contribution in [0.4, 0.5) is 17.1 Å². The summed E-state index contributed by atoms with van der Waals surface area (Å²) in [6.07, 6.45) is 0. The van der Waals surface area contributed by atoms with E-state index in [1.165, 1.54) is 18.2 Å². The lowest BCUT2D eigenvalue weighted by Crippen LogP contribution is -2.48. The first-order valence-electron chi connectivity index (χ1n) is 8.43. The van der Waals surface area contributed by atoms with E-state index in [0.29, 0.717) is 31.2 Å². The van der Waals surface area contributed by atoms with E-state index < -0.39 is 4.92 Å². The number of nitrogens with zero attached hydrogens (tertiary/aromatic N) is 3. The lowest BCUT2D eigenvalue weighted by molar-refractivity contribution is -0.383. The van der Waals surface area contributed by atoms with Crippen LogP contribution in [-0.2, 0) is 4.79 Å². The number of nitro benzene ring substituents is 1. The van der Waals surface area contributed by atoms with Gasteiger partial charge in [-0.1, -0.05) is 23.7 Å². The first-order chi connectivity index (χ1) is 12.9. The molecule has 0 atom stereocenters. The van der Waals surface area contributed by atoms with Gasteiger partial charge in [-0.05, 0) is 24.3 Å². The molecule has 9 heteroatoms. The number of phenols is 1. The molecule has 0 aliphatic carbocycles. The Labute approximate surface area is 161 Å². The Morgan fingerprint density at radius 2 is 1.89 bits per heavy atom. The van der Waals surface area contributed by atoms with Gasteiger partial charge in [0, 0.05) is 37.3 Å². The van der Waals surface area contributed by atoms with Gasteiger partial charge in [-0.25, -0.2) is 0 Å². The highest BCUT2D eigenvalue weighted by molar-refractivity contribution is 6.31. The summed E-state index contributed by atoms with van der Waals surface area (Å²) in [5.41, 5.74) is 0.665. The van der Waals surface area contributed by atoms with Crippen LogP contribution in [0.25, 0.3) is 0 Å². The van der Waals surface area contributed by atoms with Crippen molar-refractivity contribution >= 4 is 34.6 Å². The third kappa shape index (κ3) is 4.66. The molecule has 1 aliphatic rings. The summed E-state index contributed by atoms with van der Waals surface area (Å²) < 4.78 is 0. The van der Waals surface area contributed by atoms with E-state index >= 15 is 0 Å². The van der Waals surface area contributed by atoms with E-state index in [4.69, 9.17) is 11.6 Å². The van der Waals surface area contributed by atoms with Crippen molar-refractivity contribution in [2.24, 2.45) is 0 Å². The Morgan fingerprint density at radius 3 is 2.56 bits per heavy atom. The van der Waals surface area contributed by atoms with Gasteiger partial charge in [-0.2, -0.15) is 0 Å². The average molecular weight is 391 g/mol. The molecule has 1 aliphatic heterocycles. The molecule has 2 aromatic carbocycles. The van der Waals surface area contributed by atoms with Gasteiger partial charge in [0.05, 0.1) is 17.2 Å². The molecule has 0 unspecified atom stereocenters. The number of nitro groups is 1. The van der Waals surface area contributed by atoms with Gasteiger partial charge in [0.2, 0.25) is 5.91 Å². The van der Waals surface area contributed by atoms with Gasteiger partial charge in [-0.3, -0.25) is 19.8 Å². The Balaban J connectivity index is 1.57. The van der Waals surface area contributed by atoms with Crippen LogP contribution in [0.5, 0.6) is 5.75 Å². The molecule has 0 spiro atoms. The van der Waals surface area contributed by atoms with Gasteiger partial charge in [0.1, 0.15) is 11.4 Å². The molecule has 2 N–H and O–H groups in total. The van der Waals surface area contributed by atoms with Crippen molar-refractivity contribution in [1.82, 2.24) is 4.90 Å². The summed E-state index contributed by atoms with van der Waals surface area (Å²) >= 11 is 5.87. The molecule has 142 valence electrons. The van der Waals surface area contributed by atoms with E-state index in [2.05, 4.69) is 10.2 Å². The van der Waals surface area contributed by atoms with Crippen LogP contribution >= 0.6 is 11.6 Å². The molecular formula is C18H19ClN4O4.